The normalized spacial score (nSPS) is 10.9. The van der Waals surface area contributed by atoms with E-state index >= 15 is 0 Å². The van der Waals surface area contributed by atoms with Crippen molar-refractivity contribution < 1.29 is 4.79 Å². The topological polar surface area (TPSA) is 65.5 Å². The van der Waals surface area contributed by atoms with Crippen molar-refractivity contribution in [3.8, 4) is 0 Å². The Morgan fingerprint density at radius 1 is 1.18 bits per heavy atom. The highest BCUT2D eigenvalue weighted by molar-refractivity contribution is 14.0. The summed E-state index contributed by atoms with van der Waals surface area (Å²) in [7, 11) is 1.72. The van der Waals surface area contributed by atoms with E-state index in [9.17, 15) is 4.79 Å². The molecule has 0 aromatic heterocycles. The van der Waals surface area contributed by atoms with Gasteiger partial charge in [-0.15, -0.1) is 24.0 Å². The van der Waals surface area contributed by atoms with Crippen LogP contribution in [0.2, 0.25) is 5.02 Å². The Hall–Kier alpha value is -1.02. The number of nitrogens with zero attached hydrogens (tertiary/aromatic N) is 1. The van der Waals surface area contributed by atoms with Crippen molar-refractivity contribution in [2.24, 2.45) is 10.9 Å². The number of hydrogen-bond donors (Lipinski definition) is 3. The smallest absolute Gasteiger partial charge is 0.252 e. The Morgan fingerprint density at radius 3 is 2.41 bits per heavy atom. The number of aliphatic imine (C=N–C) groups is 1. The number of carbonyl (C=O) groups is 1. The third-order valence-corrected chi connectivity index (χ3v) is 3.05. The lowest BCUT2D eigenvalue weighted by Crippen LogP contribution is -2.42. The van der Waals surface area contributed by atoms with E-state index in [0.29, 0.717) is 29.6 Å². The monoisotopic (exact) mass is 438 g/mol. The summed E-state index contributed by atoms with van der Waals surface area (Å²) < 4.78 is 0. The van der Waals surface area contributed by atoms with Gasteiger partial charge in [-0.3, -0.25) is 9.79 Å². The van der Waals surface area contributed by atoms with E-state index < -0.39 is 0 Å². The van der Waals surface area contributed by atoms with Gasteiger partial charge in [0.15, 0.2) is 5.96 Å². The van der Waals surface area contributed by atoms with Gasteiger partial charge in [0.2, 0.25) is 0 Å². The Bertz CT molecular complexity index is 494. The molecule has 0 saturated carbocycles. The summed E-state index contributed by atoms with van der Waals surface area (Å²) in [6.07, 6.45) is 0. The van der Waals surface area contributed by atoms with E-state index in [1.807, 2.05) is 0 Å². The zero-order valence-electron chi connectivity index (χ0n) is 13.1. The van der Waals surface area contributed by atoms with Crippen LogP contribution in [0.4, 0.5) is 0 Å². The standard InChI is InChI=1S/C15H23ClN4O.HI/c1-11(2)10-20-15(17-3)19-9-8-18-14(21)12-6-4-5-7-13(12)16;/h4-7,11H,8-10H2,1-3H3,(H,18,21)(H2,17,19,20);1H. The van der Waals surface area contributed by atoms with Gasteiger partial charge in [-0.1, -0.05) is 37.6 Å². The number of halogens is 2. The van der Waals surface area contributed by atoms with Crippen LogP contribution in [0.25, 0.3) is 0 Å². The van der Waals surface area contributed by atoms with Crippen LogP contribution in [0.15, 0.2) is 29.3 Å². The second-order valence-electron chi connectivity index (χ2n) is 5.01. The van der Waals surface area contributed by atoms with E-state index in [1.165, 1.54) is 0 Å². The molecule has 124 valence electrons. The van der Waals surface area contributed by atoms with Crippen LogP contribution in [-0.4, -0.2) is 38.5 Å². The third-order valence-electron chi connectivity index (χ3n) is 2.72. The molecule has 0 spiro atoms. The zero-order valence-corrected chi connectivity index (χ0v) is 16.2. The van der Waals surface area contributed by atoms with Gasteiger partial charge in [0, 0.05) is 26.7 Å². The molecule has 1 rings (SSSR count). The van der Waals surface area contributed by atoms with Gasteiger partial charge >= 0.3 is 0 Å². The van der Waals surface area contributed by atoms with E-state index in [0.717, 1.165) is 12.5 Å². The fourth-order valence-corrected chi connectivity index (χ4v) is 1.84. The van der Waals surface area contributed by atoms with Crippen molar-refractivity contribution in [2.45, 2.75) is 13.8 Å². The molecule has 7 heteroatoms. The van der Waals surface area contributed by atoms with Crippen LogP contribution in [0.5, 0.6) is 0 Å². The lowest BCUT2D eigenvalue weighted by atomic mass is 10.2. The van der Waals surface area contributed by atoms with Crippen molar-refractivity contribution >= 4 is 47.4 Å². The molecule has 0 aliphatic carbocycles. The number of nitrogens with one attached hydrogen (secondary N) is 3. The van der Waals surface area contributed by atoms with E-state index in [4.69, 9.17) is 11.6 Å². The number of benzene rings is 1. The molecular formula is C15H24ClIN4O. The summed E-state index contributed by atoms with van der Waals surface area (Å²) in [6.45, 7) is 6.19. The molecule has 0 heterocycles. The first-order valence-corrected chi connectivity index (χ1v) is 7.39. The first kappa shape index (κ1) is 21.0. The SMILES string of the molecule is CN=C(NCCNC(=O)c1ccccc1Cl)NCC(C)C.I. The molecule has 0 atom stereocenters. The zero-order chi connectivity index (χ0) is 15.7. The summed E-state index contributed by atoms with van der Waals surface area (Å²) >= 11 is 5.97. The van der Waals surface area contributed by atoms with Crippen molar-refractivity contribution in [1.29, 1.82) is 0 Å². The Labute approximate surface area is 154 Å². The summed E-state index contributed by atoms with van der Waals surface area (Å²) in [4.78, 5) is 16.0. The summed E-state index contributed by atoms with van der Waals surface area (Å²) in [5, 5.41) is 9.61. The molecule has 1 aromatic carbocycles. The maximum Gasteiger partial charge on any atom is 0.252 e. The molecule has 22 heavy (non-hydrogen) atoms. The van der Waals surface area contributed by atoms with E-state index in [1.54, 1.807) is 31.3 Å². The molecule has 0 radical (unpaired) electrons. The minimum absolute atomic E-state index is 0. The predicted octanol–water partition coefficient (Wildman–Crippen LogP) is 2.51. The molecule has 1 amide bonds. The second-order valence-corrected chi connectivity index (χ2v) is 5.42. The van der Waals surface area contributed by atoms with Crippen molar-refractivity contribution in [1.82, 2.24) is 16.0 Å². The quantitative estimate of drug-likeness (QED) is 0.277. The second kappa shape index (κ2) is 11.5. The number of rotatable bonds is 6. The van der Waals surface area contributed by atoms with Gasteiger partial charge in [-0.05, 0) is 18.1 Å². The Morgan fingerprint density at radius 2 is 1.82 bits per heavy atom. The summed E-state index contributed by atoms with van der Waals surface area (Å²) in [5.41, 5.74) is 0.487. The van der Waals surface area contributed by atoms with Crippen molar-refractivity contribution in [2.75, 3.05) is 26.7 Å². The molecule has 3 N–H and O–H groups in total. The molecule has 0 aliphatic heterocycles. The van der Waals surface area contributed by atoms with Crippen LogP contribution in [0.1, 0.15) is 24.2 Å². The highest BCUT2D eigenvalue weighted by Gasteiger charge is 2.08. The van der Waals surface area contributed by atoms with Crippen LogP contribution in [0.3, 0.4) is 0 Å². The average molecular weight is 439 g/mol. The fourth-order valence-electron chi connectivity index (χ4n) is 1.62. The predicted molar refractivity (Wildman–Crippen MR) is 103 cm³/mol. The third kappa shape index (κ3) is 7.84. The molecule has 0 aliphatic rings. The molecule has 0 saturated heterocycles. The Balaban J connectivity index is 0.00000441. The highest BCUT2D eigenvalue weighted by Crippen LogP contribution is 2.14. The maximum absolute atomic E-state index is 11.9. The summed E-state index contributed by atoms with van der Waals surface area (Å²) in [6, 6.07) is 6.99. The number of carbonyl (C=O) groups excluding carboxylic acids is 1. The largest absolute Gasteiger partial charge is 0.356 e. The molecule has 5 nitrogen and oxygen atoms in total. The average Bonchev–Trinajstić information content (AvgIpc) is 2.46. The maximum atomic E-state index is 11.9. The Kier molecular flexibility index (Phi) is 11.0. The van der Waals surface area contributed by atoms with Gasteiger partial charge in [0.05, 0.1) is 10.6 Å². The van der Waals surface area contributed by atoms with Crippen molar-refractivity contribution in [3.63, 3.8) is 0 Å². The number of guanidine groups is 1. The van der Waals surface area contributed by atoms with E-state index in [-0.39, 0.29) is 29.9 Å². The lowest BCUT2D eigenvalue weighted by molar-refractivity contribution is 0.0954. The van der Waals surface area contributed by atoms with Gasteiger partial charge in [-0.2, -0.15) is 0 Å². The van der Waals surface area contributed by atoms with Crippen LogP contribution < -0.4 is 16.0 Å². The lowest BCUT2D eigenvalue weighted by Gasteiger charge is -2.13. The molecule has 1 aromatic rings. The minimum Gasteiger partial charge on any atom is -0.356 e. The summed E-state index contributed by atoms with van der Waals surface area (Å²) in [5.74, 6) is 1.10. The first-order valence-electron chi connectivity index (χ1n) is 7.01. The highest BCUT2D eigenvalue weighted by atomic mass is 127. The number of hydrogen-bond acceptors (Lipinski definition) is 2. The van der Waals surface area contributed by atoms with Gasteiger partial charge in [-0.25, -0.2) is 0 Å². The van der Waals surface area contributed by atoms with E-state index in [2.05, 4.69) is 34.8 Å². The van der Waals surface area contributed by atoms with Crippen LogP contribution >= 0.6 is 35.6 Å². The van der Waals surface area contributed by atoms with Crippen LogP contribution in [0, 0.1) is 5.92 Å². The minimum atomic E-state index is -0.174. The van der Waals surface area contributed by atoms with Crippen LogP contribution in [-0.2, 0) is 0 Å². The van der Waals surface area contributed by atoms with Gasteiger partial charge < -0.3 is 16.0 Å². The fraction of sp³-hybridized carbons (Fsp3) is 0.467. The molecule has 0 bridgehead atoms. The molecule has 0 unspecified atom stereocenters. The van der Waals surface area contributed by atoms with Gasteiger partial charge in [0.1, 0.15) is 0 Å². The molecular weight excluding hydrogens is 415 g/mol. The first-order chi connectivity index (χ1) is 10.0. The molecule has 0 fully saturated rings. The van der Waals surface area contributed by atoms with Crippen molar-refractivity contribution in [3.05, 3.63) is 34.9 Å². The number of amides is 1. The van der Waals surface area contributed by atoms with Gasteiger partial charge in [0.25, 0.3) is 5.91 Å².